The van der Waals surface area contributed by atoms with E-state index in [1.807, 2.05) is 11.0 Å². The molecule has 0 radical (unpaired) electrons. The second-order valence-corrected chi connectivity index (χ2v) is 7.61. The molecule has 1 unspecified atom stereocenters. The van der Waals surface area contributed by atoms with Crippen LogP contribution in [0.2, 0.25) is 5.02 Å². The van der Waals surface area contributed by atoms with Gasteiger partial charge in [0, 0.05) is 55.5 Å². The fraction of sp³-hybridized carbons (Fsp3) is 0.333. The summed E-state index contributed by atoms with van der Waals surface area (Å²) in [4.78, 5) is 31.0. The van der Waals surface area contributed by atoms with Crippen LogP contribution in [0.3, 0.4) is 0 Å². The van der Waals surface area contributed by atoms with E-state index in [0.717, 1.165) is 11.4 Å². The maximum absolute atomic E-state index is 13.1. The Kier molecular flexibility index (Phi) is 5.22. The van der Waals surface area contributed by atoms with Gasteiger partial charge in [-0.2, -0.15) is 0 Å². The number of nitrogens with zero attached hydrogens (tertiary/aromatic N) is 3. The third-order valence-electron chi connectivity index (χ3n) is 5.38. The Hall–Kier alpha value is -2.60. The van der Waals surface area contributed by atoms with Crippen LogP contribution in [-0.4, -0.2) is 49.4 Å². The fourth-order valence-electron chi connectivity index (χ4n) is 3.86. The summed E-state index contributed by atoms with van der Waals surface area (Å²) in [5.41, 5.74) is 1.69. The van der Waals surface area contributed by atoms with Crippen molar-refractivity contribution in [3.63, 3.8) is 0 Å². The molecule has 2 aromatic rings. The van der Waals surface area contributed by atoms with Gasteiger partial charge in [-0.05, 0) is 42.5 Å². The predicted molar refractivity (Wildman–Crippen MR) is 107 cm³/mol. The monoisotopic (exact) mass is 401 g/mol. The van der Waals surface area contributed by atoms with Crippen LogP contribution in [0.4, 0.5) is 15.8 Å². The number of benzene rings is 2. The molecule has 2 fully saturated rings. The first kappa shape index (κ1) is 18.7. The molecular formula is C21H21ClFN3O2. The highest BCUT2D eigenvalue weighted by molar-refractivity contribution is 6.31. The zero-order valence-electron chi connectivity index (χ0n) is 15.4. The molecule has 28 heavy (non-hydrogen) atoms. The second kappa shape index (κ2) is 7.80. The van der Waals surface area contributed by atoms with E-state index >= 15 is 0 Å². The summed E-state index contributed by atoms with van der Waals surface area (Å²) >= 11 is 6.03. The van der Waals surface area contributed by atoms with Crippen molar-refractivity contribution in [1.29, 1.82) is 0 Å². The third-order valence-corrected chi connectivity index (χ3v) is 5.61. The van der Waals surface area contributed by atoms with Crippen LogP contribution in [0, 0.1) is 11.7 Å². The number of hydrogen-bond acceptors (Lipinski definition) is 3. The van der Waals surface area contributed by atoms with Crippen molar-refractivity contribution in [3.05, 3.63) is 59.4 Å². The first-order chi connectivity index (χ1) is 13.5. The Morgan fingerprint density at radius 3 is 2.39 bits per heavy atom. The van der Waals surface area contributed by atoms with Crippen molar-refractivity contribution >= 4 is 34.8 Å². The molecular weight excluding hydrogens is 381 g/mol. The maximum Gasteiger partial charge on any atom is 0.228 e. The van der Waals surface area contributed by atoms with Crippen molar-refractivity contribution in [3.8, 4) is 0 Å². The Morgan fingerprint density at radius 2 is 1.71 bits per heavy atom. The van der Waals surface area contributed by atoms with Gasteiger partial charge in [0.25, 0.3) is 0 Å². The van der Waals surface area contributed by atoms with Gasteiger partial charge in [-0.3, -0.25) is 9.59 Å². The summed E-state index contributed by atoms with van der Waals surface area (Å²) < 4.78 is 13.1. The first-order valence-electron chi connectivity index (χ1n) is 9.36. The lowest BCUT2D eigenvalue weighted by Gasteiger charge is -2.37. The van der Waals surface area contributed by atoms with E-state index < -0.39 is 0 Å². The van der Waals surface area contributed by atoms with E-state index in [9.17, 15) is 14.0 Å². The quantitative estimate of drug-likeness (QED) is 0.793. The summed E-state index contributed by atoms with van der Waals surface area (Å²) in [7, 11) is 0. The van der Waals surface area contributed by atoms with Gasteiger partial charge in [0.15, 0.2) is 0 Å². The van der Waals surface area contributed by atoms with Crippen molar-refractivity contribution in [1.82, 2.24) is 4.90 Å². The van der Waals surface area contributed by atoms with E-state index in [0.29, 0.717) is 37.7 Å². The Morgan fingerprint density at radius 1 is 1.00 bits per heavy atom. The van der Waals surface area contributed by atoms with Gasteiger partial charge in [-0.25, -0.2) is 4.39 Å². The van der Waals surface area contributed by atoms with Gasteiger partial charge in [0.1, 0.15) is 5.82 Å². The Bertz CT molecular complexity index is 881. The van der Waals surface area contributed by atoms with Crippen LogP contribution in [0.5, 0.6) is 0 Å². The van der Waals surface area contributed by atoms with Crippen molar-refractivity contribution in [2.45, 2.75) is 6.42 Å². The van der Waals surface area contributed by atoms with E-state index in [1.54, 1.807) is 35.2 Å². The molecule has 2 saturated heterocycles. The minimum atomic E-state index is -0.330. The van der Waals surface area contributed by atoms with Crippen LogP contribution in [0.15, 0.2) is 48.5 Å². The molecule has 0 aromatic heterocycles. The van der Waals surface area contributed by atoms with Gasteiger partial charge in [-0.15, -0.1) is 0 Å². The molecule has 1 atom stereocenters. The molecule has 4 rings (SSSR count). The fourth-order valence-corrected chi connectivity index (χ4v) is 4.05. The molecule has 0 bridgehead atoms. The Balaban J connectivity index is 1.36. The summed E-state index contributed by atoms with van der Waals surface area (Å²) in [6.45, 7) is 2.96. The molecule has 2 aliphatic rings. The number of piperazine rings is 1. The number of amides is 2. The average Bonchev–Trinajstić information content (AvgIpc) is 3.10. The first-order valence-corrected chi connectivity index (χ1v) is 9.74. The number of hydrogen-bond donors (Lipinski definition) is 0. The molecule has 7 heteroatoms. The van der Waals surface area contributed by atoms with Crippen molar-refractivity contribution < 1.29 is 14.0 Å². The van der Waals surface area contributed by atoms with Gasteiger partial charge < -0.3 is 14.7 Å². The summed E-state index contributed by atoms with van der Waals surface area (Å²) in [6.07, 6.45) is 0.226. The van der Waals surface area contributed by atoms with Crippen LogP contribution >= 0.6 is 11.6 Å². The highest BCUT2D eigenvalue weighted by atomic mass is 35.5. The van der Waals surface area contributed by atoms with Gasteiger partial charge in [0.2, 0.25) is 11.8 Å². The van der Waals surface area contributed by atoms with E-state index in [1.165, 1.54) is 12.1 Å². The van der Waals surface area contributed by atoms with Gasteiger partial charge >= 0.3 is 0 Å². The van der Waals surface area contributed by atoms with E-state index in [4.69, 9.17) is 11.6 Å². The number of carbonyl (C=O) groups excluding carboxylic acids is 2. The highest BCUT2D eigenvalue weighted by Gasteiger charge is 2.38. The topological polar surface area (TPSA) is 43.9 Å². The number of halogens is 2. The molecule has 146 valence electrons. The molecule has 2 aliphatic heterocycles. The number of anilines is 2. The summed E-state index contributed by atoms with van der Waals surface area (Å²) in [6, 6.07) is 13.5. The normalized spacial score (nSPS) is 20.0. The maximum atomic E-state index is 13.1. The molecule has 5 nitrogen and oxygen atoms in total. The van der Waals surface area contributed by atoms with Gasteiger partial charge in [-0.1, -0.05) is 17.7 Å². The molecule has 2 amide bonds. The zero-order valence-corrected chi connectivity index (χ0v) is 16.1. The zero-order chi connectivity index (χ0) is 19.7. The SMILES string of the molecule is O=C(C1CC(=O)N(c2cccc(Cl)c2)C1)N1CCN(c2ccc(F)cc2)CC1. The Labute approximate surface area is 168 Å². The lowest BCUT2D eigenvalue weighted by atomic mass is 10.1. The molecule has 2 heterocycles. The molecule has 0 saturated carbocycles. The molecule has 0 aliphatic carbocycles. The van der Waals surface area contributed by atoms with Crippen LogP contribution in [0.1, 0.15) is 6.42 Å². The lowest BCUT2D eigenvalue weighted by molar-refractivity contribution is -0.136. The molecule has 0 spiro atoms. The minimum absolute atomic E-state index is 0.0247. The van der Waals surface area contributed by atoms with Crippen LogP contribution in [-0.2, 0) is 9.59 Å². The largest absolute Gasteiger partial charge is 0.368 e. The van der Waals surface area contributed by atoms with Crippen molar-refractivity contribution in [2.75, 3.05) is 42.5 Å². The molecule has 2 aromatic carbocycles. The number of rotatable bonds is 3. The van der Waals surface area contributed by atoms with E-state index in [-0.39, 0.29) is 30.0 Å². The smallest absolute Gasteiger partial charge is 0.228 e. The molecule has 0 N–H and O–H groups in total. The predicted octanol–water partition coefficient (Wildman–Crippen LogP) is 3.18. The lowest BCUT2D eigenvalue weighted by Crippen LogP contribution is -2.50. The standard InChI is InChI=1S/C21H21ClFN3O2/c22-16-2-1-3-19(13-16)26-14-15(12-20(26)27)21(28)25-10-8-24(9-11-25)18-6-4-17(23)5-7-18/h1-7,13,15H,8-12,14H2. The van der Waals surface area contributed by atoms with Crippen LogP contribution < -0.4 is 9.80 Å². The summed E-state index contributed by atoms with van der Waals surface area (Å²) in [5.74, 6) is -0.612. The summed E-state index contributed by atoms with van der Waals surface area (Å²) in [5, 5.41) is 0.567. The third kappa shape index (κ3) is 3.83. The highest BCUT2D eigenvalue weighted by Crippen LogP contribution is 2.28. The van der Waals surface area contributed by atoms with Gasteiger partial charge in [0.05, 0.1) is 5.92 Å². The minimum Gasteiger partial charge on any atom is -0.368 e. The van der Waals surface area contributed by atoms with Crippen LogP contribution in [0.25, 0.3) is 0 Å². The van der Waals surface area contributed by atoms with Crippen molar-refractivity contribution in [2.24, 2.45) is 5.92 Å². The van der Waals surface area contributed by atoms with E-state index in [2.05, 4.69) is 4.90 Å². The second-order valence-electron chi connectivity index (χ2n) is 7.17. The number of carbonyl (C=O) groups is 2. The average molecular weight is 402 g/mol.